The Hall–Kier alpha value is -1.20. The molecule has 1 atom stereocenters. The van der Waals surface area contributed by atoms with E-state index >= 15 is 0 Å². The lowest BCUT2D eigenvalue weighted by Crippen LogP contribution is -2.27. The Morgan fingerprint density at radius 1 is 1.47 bits per heavy atom. The molecule has 0 saturated carbocycles. The molecule has 0 saturated heterocycles. The maximum atomic E-state index is 11.0. The van der Waals surface area contributed by atoms with E-state index in [1.54, 1.807) is 19.5 Å². The van der Waals surface area contributed by atoms with Crippen molar-refractivity contribution in [2.24, 2.45) is 0 Å². The highest BCUT2D eigenvalue weighted by atomic mass is 32.2. The van der Waals surface area contributed by atoms with E-state index in [1.165, 1.54) is 11.8 Å². The predicted molar refractivity (Wildman–Crippen MR) is 58.2 cm³/mol. The fourth-order valence-corrected chi connectivity index (χ4v) is 1.86. The molecule has 0 aromatic heterocycles. The number of ether oxygens (including phenoxy) is 1. The summed E-state index contributed by atoms with van der Waals surface area (Å²) in [4.78, 5) is 12.0. The first-order chi connectivity index (χ1) is 7.17. The molecule has 1 amide bonds. The van der Waals surface area contributed by atoms with Crippen LogP contribution in [0.3, 0.4) is 0 Å². The molecule has 1 unspecified atom stereocenters. The number of carbonyl (C=O) groups is 1. The number of hydrogen-bond donors (Lipinski definition) is 2. The highest BCUT2D eigenvalue weighted by Gasteiger charge is 2.12. The summed E-state index contributed by atoms with van der Waals surface area (Å²) < 4.78 is 5.01. The van der Waals surface area contributed by atoms with Crippen molar-refractivity contribution < 1.29 is 14.7 Å². The van der Waals surface area contributed by atoms with E-state index in [0.29, 0.717) is 0 Å². The number of benzene rings is 1. The summed E-state index contributed by atoms with van der Waals surface area (Å²) in [5, 5.41) is 8.10. The summed E-state index contributed by atoms with van der Waals surface area (Å²) in [7, 11) is 1.60. The van der Waals surface area contributed by atoms with E-state index in [9.17, 15) is 4.79 Å². The average Bonchev–Trinajstić information content (AvgIpc) is 2.29. The second-order valence-corrected chi connectivity index (χ2v) is 4.33. The van der Waals surface area contributed by atoms with Gasteiger partial charge in [0.1, 0.15) is 5.75 Å². The first kappa shape index (κ1) is 11.9. The number of methoxy groups -OCH3 is 1. The van der Waals surface area contributed by atoms with Gasteiger partial charge >= 0.3 is 0 Å². The van der Waals surface area contributed by atoms with E-state index in [2.05, 4.69) is 0 Å². The molecule has 5 heteroatoms. The summed E-state index contributed by atoms with van der Waals surface area (Å²) in [6.07, 6.45) is 0. The number of rotatable bonds is 4. The molecule has 1 rings (SSSR count). The zero-order chi connectivity index (χ0) is 11.3. The maximum Gasteiger partial charge on any atom is 0.256 e. The lowest BCUT2D eigenvalue weighted by Gasteiger charge is -2.08. The van der Waals surface area contributed by atoms with Crippen LogP contribution in [-0.4, -0.2) is 23.5 Å². The van der Waals surface area contributed by atoms with Gasteiger partial charge in [0.2, 0.25) is 0 Å². The standard InChI is InChI=1S/C10H13NO3S/c1-7(10(12)11-13)15-9-5-3-8(14-2)4-6-9/h3-7,13H,1-2H3,(H,11,12). The molecule has 15 heavy (non-hydrogen) atoms. The van der Waals surface area contributed by atoms with Crippen LogP contribution >= 0.6 is 11.8 Å². The summed E-state index contributed by atoms with van der Waals surface area (Å²) in [6.45, 7) is 1.72. The smallest absolute Gasteiger partial charge is 0.256 e. The number of hydrogen-bond acceptors (Lipinski definition) is 4. The van der Waals surface area contributed by atoms with Gasteiger partial charge in [0.15, 0.2) is 0 Å². The highest BCUT2D eigenvalue weighted by molar-refractivity contribution is 8.00. The molecular formula is C10H13NO3S. The molecule has 4 nitrogen and oxygen atoms in total. The quantitative estimate of drug-likeness (QED) is 0.467. The average molecular weight is 227 g/mol. The molecule has 2 N–H and O–H groups in total. The largest absolute Gasteiger partial charge is 0.497 e. The van der Waals surface area contributed by atoms with Crippen molar-refractivity contribution in [3.05, 3.63) is 24.3 Å². The Morgan fingerprint density at radius 2 is 2.07 bits per heavy atom. The molecule has 0 aliphatic heterocycles. The zero-order valence-electron chi connectivity index (χ0n) is 8.56. The molecule has 82 valence electrons. The van der Waals surface area contributed by atoms with Gasteiger partial charge in [0, 0.05) is 4.90 Å². The SMILES string of the molecule is COc1ccc(SC(C)C(=O)NO)cc1. The topological polar surface area (TPSA) is 58.6 Å². The third-order valence-corrected chi connectivity index (χ3v) is 2.96. The van der Waals surface area contributed by atoms with Gasteiger partial charge in [-0.25, -0.2) is 5.48 Å². The van der Waals surface area contributed by atoms with Crippen LogP contribution in [0.1, 0.15) is 6.92 Å². The van der Waals surface area contributed by atoms with Gasteiger partial charge in [-0.15, -0.1) is 11.8 Å². The third kappa shape index (κ3) is 3.45. The minimum atomic E-state index is -0.407. The van der Waals surface area contributed by atoms with Crippen LogP contribution in [-0.2, 0) is 4.79 Å². The predicted octanol–water partition coefficient (Wildman–Crippen LogP) is 1.68. The van der Waals surface area contributed by atoms with E-state index < -0.39 is 5.91 Å². The second-order valence-electron chi connectivity index (χ2n) is 2.91. The number of amides is 1. The summed E-state index contributed by atoms with van der Waals surface area (Å²) >= 11 is 1.37. The summed E-state index contributed by atoms with van der Waals surface area (Å²) in [5.74, 6) is 0.370. The molecule has 0 bridgehead atoms. The van der Waals surface area contributed by atoms with Crippen LogP contribution in [0.25, 0.3) is 0 Å². The maximum absolute atomic E-state index is 11.0. The van der Waals surface area contributed by atoms with Crippen molar-refractivity contribution in [2.45, 2.75) is 17.1 Å². The molecule has 1 aromatic rings. The van der Waals surface area contributed by atoms with Gasteiger partial charge in [0.25, 0.3) is 5.91 Å². The van der Waals surface area contributed by atoms with E-state index in [1.807, 2.05) is 24.3 Å². The number of thioether (sulfide) groups is 1. The Kier molecular flexibility index (Phi) is 4.45. The molecule has 0 radical (unpaired) electrons. The fraction of sp³-hybridized carbons (Fsp3) is 0.300. The van der Waals surface area contributed by atoms with Crippen molar-refractivity contribution in [3.8, 4) is 5.75 Å². The molecule has 0 spiro atoms. The van der Waals surface area contributed by atoms with Crippen LogP contribution in [0.15, 0.2) is 29.2 Å². The van der Waals surface area contributed by atoms with Gasteiger partial charge in [-0.3, -0.25) is 10.0 Å². The van der Waals surface area contributed by atoms with Crippen LogP contribution in [0.4, 0.5) is 0 Å². The fourth-order valence-electron chi connectivity index (χ4n) is 1.00. The first-order valence-corrected chi connectivity index (χ1v) is 5.30. The zero-order valence-corrected chi connectivity index (χ0v) is 9.38. The second kappa shape index (κ2) is 5.63. The minimum Gasteiger partial charge on any atom is -0.497 e. The molecule has 0 aliphatic carbocycles. The molecule has 0 fully saturated rings. The lowest BCUT2D eigenvalue weighted by molar-refractivity contribution is -0.128. The summed E-state index contributed by atoms with van der Waals surface area (Å²) in [5.41, 5.74) is 1.62. The molecular weight excluding hydrogens is 214 g/mol. The normalized spacial score (nSPS) is 11.9. The summed E-state index contributed by atoms with van der Waals surface area (Å²) in [6, 6.07) is 7.38. The molecule has 0 heterocycles. The van der Waals surface area contributed by atoms with Gasteiger partial charge in [0.05, 0.1) is 12.4 Å². The van der Waals surface area contributed by atoms with E-state index in [-0.39, 0.29) is 5.25 Å². The Labute approximate surface area is 92.6 Å². The van der Waals surface area contributed by atoms with Crippen molar-refractivity contribution in [2.75, 3.05) is 7.11 Å². The number of nitrogens with one attached hydrogen (secondary N) is 1. The molecule has 0 aliphatic rings. The van der Waals surface area contributed by atoms with Gasteiger partial charge in [-0.2, -0.15) is 0 Å². The van der Waals surface area contributed by atoms with Gasteiger partial charge in [-0.05, 0) is 31.2 Å². The number of hydroxylamine groups is 1. The van der Waals surface area contributed by atoms with Crippen molar-refractivity contribution in [3.63, 3.8) is 0 Å². The van der Waals surface area contributed by atoms with E-state index in [4.69, 9.17) is 9.94 Å². The van der Waals surface area contributed by atoms with Crippen molar-refractivity contribution >= 4 is 17.7 Å². The van der Waals surface area contributed by atoms with Crippen molar-refractivity contribution in [1.82, 2.24) is 5.48 Å². The van der Waals surface area contributed by atoms with E-state index in [0.717, 1.165) is 10.6 Å². The van der Waals surface area contributed by atoms with Crippen LogP contribution in [0, 0.1) is 0 Å². The lowest BCUT2D eigenvalue weighted by atomic mass is 10.3. The van der Waals surface area contributed by atoms with Crippen LogP contribution in [0.5, 0.6) is 5.75 Å². The number of carbonyl (C=O) groups excluding carboxylic acids is 1. The monoisotopic (exact) mass is 227 g/mol. The highest BCUT2D eigenvalue weighted by Crippen LogP contribution is 2.25. The first-order valence-electron chi connectivity index (χ1n) is 4.42. The van der Waals surface area contributed by atoms with Crippen molar-refractivity contribution in [1.29, 1.82) is 0 Å². The van der Waals surface area contributed by atoms with Gasteiger partial charge < -0.3 is 4.74 Å². The Morgan fingerprint density at radius 3 is 2.53 bits per heavy atom. The Bertz CT molecular complexity index is 326. The third-order valence-electron chi connectivity index (χ3n) is 1.85. The van der Waals surface area contributed by atoms with Crippen LogP contribution < -0.4 is 10.2 Å². The molecule has 1 aromatic carbocycles. The van der Waals surface area contributed by atoms with Gasteiger partial charge in [-0.1, -0.05) is 0 Å². The Balaban J connectivity index is 2.60. The minimum absolute atomic E-state index is 0.330. The van der Waals surface area contributed by atoms with Crippen LogP contribution in [0.2, 0.25) is 0 Å².